The first-order chi connectivity index (χ1) is 10.2. The lowest BCUT2D eigenvalue weighted by atomic mass is 10.3. The Morgan fingerprint density at radius 2 is 2.00 bits per heavy atom. The van der Waals surface area contributed by atoms with Crippen LogP contribution in [0.3, 0.4) is 0 Å². The van der Waals surface area contributed by atoms with Gasteiger partial charge in [0, 0.05) is 31.0 Å². The average Bonchev–Trinajstić information content (AvgIpc) is 3.09. The first kappa shape index (κ1) is 15.1. The molecule has 0 saturated carbocycles. The van der Waals surface area contributed by atoms with E-state index in [9.17, 15) is 4.79 Å². The van der Waals surface area contributed by atoms with Gasteiger partial charge in [-0.05, 0) is 13.3 Å². The summed E-state index contributed by atoms with van der Waals surface area (Å²) in [6, 6.07) is -0.193. The van der Waals surface area contributed by atoms with Gasteiger partial charge in [0.25, 0.3) is 0 Å². The van der Waals surface area contributed by atoms with Gasteiger partial charge in [0.1, 0.15) is 0 Å². The van der Waals surface area contributed by atoms with Crippen LogP contribution in [-0.2, 0) is 13.1 Å². The lowest BCUT2D eigenvalue weighted by Gasteiger charge is -2.04. The number of nitrogens with zero attached hydrogens (tertiary/aromatic N) is 4. The third-order valence-corrected chi connectivity index (χ3v) is 3.06. The average molecular weight is 290 g/mol. The minimum absolute atomic E-state index is 0.193. The lowest BCUT2D eigenvalue weighted by Crippen LogP contribution is -2.29. The first-order valence-corrected chi connectivity index (χ1v) is 7.30. The second-order valence-electron chi connectivity index (χ2n) is 4.87. The van der Waals surface area contributed by atoms with Crippen molar-refractivity contribution < 1.29 is 4.79 Å². The Morgan fingerprint density at radius 3 is 2.71 bits per heavy atom. The summed E-state index contributed by atoms with van der Waals surface area (Å²) >= 11 is 0. The largest absolute Gasteiger partial charge is 0.338 e. The Hall–Kier alpha value is -2.31. The molecule has 0 fully saturated rings. The predicted molar refractivity (Wildman–Crippen MR) is 81.2 cm³/mol. The van der Waals surface area contributed by atoms with Crippen molar-refractivity contribution >= 4 is 11.7 Å². The smallest absolute Gasteiger partial charge is 0.319 e. The van der Waals surface area contributed by atoms with E-state index in [1.165, 1.54) is 0 Å². The van der Waals surface area contributed by atoms with Crippen molar-refractivity contribution in [3.63, 3.8) is 0 Å². The molecule has 114 valence electrons. The predicted octanol–water partition coefficient (Wildman–Crippen LogP) is 2.07. The van der Waals surface area contributed by atoms with Crippen LogP contribution in [-0.4, -0.2) is 32.1 Å². The highest BCUT2D eigenvalue weighted by Gasteiger charge is 2.05. The van der Waals surface area contributed by atoms with E-state index in [-0.39, 0.29) is 6.03 Å². The van der Waals surface area contributed by atoms with Crippen molar-refractivity contribution in [2.75, 3.05) is 11.9 Å². The summed E-state index contributed by atoms with van der Waals surface area (Å²) in [7, 11) is 0. The van der Waals surface area contributed by atoms with Gasteiger partial charge in [-0.25, -0.2) is 4.79 Å². The maximum Gasteiger partial charge on any atom is 0.319 e. The number of anilines is 1. The SMILES string of the molecule is CCCCNC(=O)Nc1cnn(Cc2cnn(CC)c2)c1. The summed E-state index contributed by atoms with van der Waals surface area (Å²) in [6.07, 6.45) is 9.31. The fraction of sp³-hybridized carbons (Fsp3) is 0.500. The quantitative estimate of drug-likeness (QED) is 0.766. The number of rotatable bonds is 7. The van der Waals surface area contributed by atoms with Crippen LogP contribution in [0.25, 0.3) is 0 Å². The Balaban J connectivity index is 1.84. The van der Waals surface area contributed by atoms with Crippen molar-refractivity contribution in [2.45, 2.75) is 39.8 Å². The van der Waals surface area contributed by atoms with Crippen LogP contribution < -0.4 is 10.6 Å². The molecule has 2 aromatic heterocycles. The molecule has 0 spiro atoms. The Labute approximate surface area is 124 Å². The molecule has 0 aliphatic heterocycles. The molecule has 0 aliphatic rings. The molecule has 2 aromatic rings. The van der Waals surface area contributed by atoms with Gasteiger partial charge in [-0.1, -0.05) is 13.3 Å². The number of nitrogens with one attached hydrogen (secondary N) is 2. The van der Waals surface area contributed by atoms with Crippen LogP contribution in [0.2, 0.25) is 0 Å². The molecule has 7 heteroatoms. The molecular weight excluding hydrogens is 268 g/mol. The van der Waals surface area contributed by atoms with Gasteiger partial charge in [-0.2, -0.15) is 10.2 Å². The topological polar surface area (TPSA) is 76.8 Å². The summed E-state index contributed by atoms with van der Waals surface area (Å²) in [4.78, 5) is 11.6. The number of hydrogen-bond acceptors (Lipinski definition) is 3. The number of amides is 2. The van der Waals surface area contributed by atoms with Gasteiger partial charge in [0.2, 0.25) is 0 Å². The number of hydrogen-bond donors (Lipinski definition) is 2. The van der Waals surface area contributed by atoms with Gasteiger partial charge >= 0.3 is 6.03 Å². The van der Waals surface area contributed by atoms with E-state index in [0.717, 1.165) is 24.9 Å². The third-order valence-electron chi connectivity index (χ3n) is 3.06. The van der Waals surface area contributed by atoms with E-state index in [2.05, 4.69) is 27.8 Å². The second-order valence-corrected chi connectivity index (χ2v) is 4.87. The van der Waals surface area contributed by atoms with E-state index in [1.54, 1.807) is 10.9 Å². The first-order valence-electron chi connectivity index (χ1n) is 7.30. The highest BCUT2D eigenvalue weighted by Crippen LogP contribution is 2.07. The monoisotopic (exact) mass is 290 g/mol. The summed E-state index contributed by atoms with van der Waals surface area (Å²) in [5.41, 5.74) is 1.77. The molecule has 2 amide bonds. The van der Waals surface area contributed by atoms with Crippen LogP contribution in [0, 0.1) is 0 Å². The highest BCUT2D eigenvalue weighted by atomic mass is 16.2. The summed E-state index contributed by atoms with van der Waals surface area (Å²) in [5, 5.41) is 14.0. The number of aryl methyl sites for hydroxylation is 1. The molecular formula is C14H22N6O. The normalized spacial score (nSPS) is 10.6. The molecule has 0 aromatic carbocycles. The molecule has 2 rings (SSSR count). The number of carbonyl (C=O) groups is 1. The zero-order valence-corrected chi connectivity index (χ0v) is 12.5. The van der Waals surface area contributed by atoms with Gasteiger partial charge in [0.15, 0.2) is 0 Å². The van der Waals surface area contributed by atoms with Gasteiger partial charge in [0.05, 0.1) is 24.6 Å². The van der Waals surface area contributed by atoms with Crippen molar-refractivity contribution in [1.82, 2.24) is 24.9 Å². The van der Waals surface area contributed by atoms with Crippen molar-refractivity contribution in [3.05, 3.63) is 30.4 Å². The number of unbranched alkanes of at least 4 members (excludes halogenated alkanes) is 1. The Kier molecular flexibility index (Phi) is 5.36. The number of urea groups is 1. The molecule has 21 heavy (non-hydrogen) atoms. The molecule has 7 nitrogen and oxygen atoms in total. The maximum atomic E-state index is 11.6. The Morgan fingerprint density at radius 1 is 1.19 bits per heavy atom. The van der Waals surface area contributed by atoms with Gasteiger partial charge in [-0.3, -0.25) is 9.36 Å². The Bertz CT molecular complexity index is 574. The molecule has 0 atom stereocenters. The van der Waals surface area contributed by atoms with Crippen LogP contribution >= 0.6 is 0 Å². The third kappa shape index (κ3) is 4.62. The van der Waals surface area contributed by atoms with E-state index in [0.29, 0.717) is 18.8 Å². The highest BCUT2D eigenvalue weighted by molar-refractivity contribution is 5.88. The van der Waals surface area contributed by atoms with Crippen molar-refractivity contribution in [2.24, 2.45) is 0 Å². The van der Waals surface area contributed by atoms with E-state index in [1.807, 2.05) is 30.2 Å². The fourth-order valence-corrected chi connectivity index (χ4v) is 1.92. The van der Waals surface area contributed by atoms with Crippen molar-refractivity contribution in [3.8, 4) is 0 Å². The van der Waals surface area contributed by atoms with Gasteiger partial charge < -0.3 is 10.6 Å². The summed E-state index contributed by atoms with van der Waals surface area (Å²) < 4.78 is 3.65. The molecule has 2 heterocycles. The summed E-state index contributed by atoms with van der Waals surface area (Å²) in [6.45, 7) is 6.31. The van der Waals surface area contributed by atoms with E-state index >= 15 is 0 Å². The number of aromatic nitrogens is 4. The fourth-order valence-electron chi connectivity index (χ4n) is 1.92. The standard InChI is InChI=1S/C14H22N6O/c1-3-5-6-15-14(21)18-13-8-17-20(11-13)10-12-7-16-19(4-2)9-12/h7-9,11H,3-6,10H2,1-2H3,(H2,15,18,21). The van der Waals surface area contributed by atoms with Gasteiger partial charge in [-0.15, -0.1) is 0 Å². The van der Waals surface area contributed by atoms with Crippen LogP contribution in [0.4, 0.5) is 10.5 Å². The van der Waals surface area contributed by atoms with E-state index in [4.69, 9.17) is 0 Å². The molecule has 0 unspecified atom stereocenters. The number of carbonyl (C=O) groups excluding carboxylic acids is 1. The van der Waals surface area contributed by atoms with Crippen LogP contribution in [0.1, 0.15) is 32.3 Å². The minimum Gasteiger partial charge on any atom is -0.338 e. The van der Waals surface area contributed by atoms with Crippen molar-refractivity contribution in [1.29, 1.82) is 0 Å². The lowest BCUT2D eigenvalue weighted by molar-refractivity contribution is 0.252. The molecule has 0 saturated heterocycles. The van der Waals surface area contributed by atoms with Crippen LogP contribution in [0.5, 0.6) is 0 Å². The molecule has 0 aliphatic carbocycles. The second kappa shape index (κ2) is 7.47. The molecule has 2 N–H and O–H groups in total. The molecule has 0 bridgehead atoms. The van der Waals surface area contributed by atoms with Crippen LogP contribution in [0.15, 0.2) is 24.8 Å². The zero-order chi connectivity index (χ0) is 15.1. The maximum absolute atomic E-state index is 11.6. The minimum atomic E-state index is -0.193. The molecule has 0 radical (unpaired) electrons. The summed E-state index contributed by atoms with van der Waals surface area (Å²) in [5.74, 6) is 0. The zero-order valence-electron chi connectivity index (χ0n) is 12.5. The van der Waals surface area contributed by atoms with E-state index < -0.39 is 0 Å².